The van der Waals surface area contributed by atoms with Crippen molar-refractivity contribution in [2.24, 2.45) is 11.8 Å². The maximum Gasteiger partial charge on any atom is 0.322 e. The fourth-order valence-corrected chi connectivity index (χ4v) is 3.45. The highest BCUT2D eigenvalue weighted by Gasteiger charge is 2.42. The second-order valence-electron chi connectivity index (χ2n) is 6.22. The zero-order valence-corrected chi connectivity index (χ0v) is 14.5. The highest BCUT2D eigenvalue weighted by Crippen LogP contribution is 2.35. The topological polar surface area (TPSA) is 60.4 Å². The minimum atomic E-state index is -1.00. The first-order chi connectivity index (χ1) is 12.0. The Morgan fingerprint density at radius 1 is 1.12 bits per heavy atom. The van der Waals surface area contributed by atoms with Gasteiger partial charge in [-0.25, -0.2) is 0 Å². The largest absolute Gasteiger partial charge is 0.425 e. The second-order valence-corrected chi connectivity index (χ2v) is 6.63. The lowest BCUT2D eigenvalue weighted by molar-refractivity contribution is -0.139. The van der Waals surface area contributed by atoms with E-state index in [2.05, 4.69) is 0 Å². The minimum absolute atomic E-state index is 0.0866. The smallest absolute Gasteiger partial charge is 0.322 e. The summed E-state index contributed by atoms with van der Waals surface area (Å²) in [6, 6.07) is 13.9. The molecule has 128 valence electrons. The molecule has 1 aliphatic heterocycles. The van der Waals surface area contributed by atoms with Gasteiger partial charge < -0.3 is 9.53 Å². The summed E-state index contributed by atoms with van der Waals surface area (Å²) in [4.78, 5) is 37.1. The number of ketones is 2. The van der Waals surface area contributed by atoms with Gasteiger partial charge in [-0.1, -0.05) is 41.9 Å². The molecule has 2 atom stereocenters. The molecule has 25 heavy (non-hydrogen) atoms. The molecule has 3 rings (SSSR count). The lowest BCUT2D eigenvalue weighted by Crippen LogP contribution is -2.40. The number of hydrogen-bond donors (Lipinski definition) is 0. The molecule has 0 saturated carbocycles. The van der Waals surface area contributed by atoms with E-state index in [0.29, 0.717) is 17.0 Å². The molecule has 0 aromatic heterocycles. The molecule has 0 fully saturated rings. The molecule has 2 unspecified atom stereocenters. The molecular formula is C20H17ClO4. The van der Waals surface area contributed by atoms with Crippen LogP contribution in [0.4, 0.5) is 0 Å². The van der Waals surface area contributed by atoms with E-state index in [0.717, 1.165) is 5.56 Å². The summed E-state index contributed by atoms with van der Waals surface area (Å²) < 4.78 is 5.34. The number of Topliss-reactive ketones (excluding diaryl/α,β-unsaturated/α-hetero) is 2. The third-order valence-electron chi connectivity index (χ3n) is 4.36. The molecule has 1 heterocycles. The first-order valence-corrected chi connectivity index (χ1v) is 8.43. The molecule has 5 heteroatoms. The van der Waals surface area contributed by atoms with Crippen LogP contribution in [0, 0.1) is 11.8 Å². The molecule has 0 saturated heterocycles. The average molecular weight is 357 g/mol. The maximum atomic E-state index is 12.9. The van der Waals surface area contributed by atoms with Crippen molar-refractivity contribution in [1.29, 1.82) is 0 Å². The maximum absolute atomic E-state index is 12.9. The Labute approximate surface area is 150 Å². The molecule has 1 aliphatic rings. The molecule has 4 nitrogen and oxygen atoms in total. The van der Waals surface area contributed by atoms with Crippen molar-refractivity contribution in [1.82, 2.24) is 0 Å². The van der Waals surface area contributed by atoms with Crippen molar-refractivity contribution in [3.8, 4) is 5.75 Å². The Hall–Kier alpha value is -2.46. The monoisotopic (exact) mass is 356 g/mol. The normalized spacial score (nSPS) is 17.6. The number of carbonyl (C=O) groups is 3. The van der Waals surface area contributed by atoms with E-state index in [1.165, 1.54) is 6.92 Å². The molecule has 0 spiro atoms. The Morgan fingerprint density at radius 3 is 2.52 bits per heavy atom. The van der Waals surface area contributed by atoms with Crippen LogP contribution < -0.4 is 4.74 Å². The third kappa shape index (κ3) is 3.64. The average Bonchev–Trinajstić information content (AvgIpc) is 2.56. The van der Waals surface area contributed by atoms with E-state index in [1.54, 1.807) is 30.3 Å². The standard InChI is InChI=1S/C20H17ClO4/c1-12(22)10-14(11-13-6-2-4-8-16(13)21)18-19(23)15-7-3-5-9-17(15)25-20(18)24/h2-9,14,18H,10-11H2,1H3. The van der Waals surface area contributed by atoms with Gasteiger partial charge in [0.25, 0.3) is 0 Å². The van der Waals surface area contributed by atoms with E-state index in [4.69, 9.17) is 16.3 Å². The van der Waals surface area contributed by atoms with Gasteiger partial charge >= 0.3 is 5.97 Å². The lowest BCUT2D eigenvalue weighted by atomic mass is 9.78. The summed E-state index contributed by atoms with van der Waals surface area (Å²) in [7, 11) is 0. The fraction of sp³-hybridized carbons (Fsp3) is 0.250. The minimum Gasteiger partial charge on any atom is -0.425 e. The second kappa shape index (κ2) is 7.19. The van der Waals surface area contributed by atoms with Crippen molar-refractivity contribution < 1.29 is 19.1 Å². The molecule has 2 aromatic rings. The lowest BCUT2D eigenvalue weighted by Gasteiger charge is -2.28. The predicted molar refractivity (Wildman–Crippen MR) is 93.8 cm³/mol. The highest BCUT2D eigenvalue weighted by molar-refractivity contribution is 6.31. The van der Waals surface area contributed by atoms with Crippen LogP contribution in [0.5, 0.6) is 5.75 Å². The first kappa shape index (κ1) is 17.4. The Morgan fingerprint density at radius 2 is 1.80 bits per heavy atom. The number of esters is 1. The summed E-state index contributed by atoms with van der Waals surface area (Å²) in [6.07, 6.45) is 0.464. The van der Waals surface area contributed by atoms with Crippen LogP contribution >= 0.6 is 11.6 Å². The van der Waals surface area contributed by atoms with Crippen molar-refractivity contribution >= 4 is 29.1 Å². The molecule has 0 bridgehead atoms. The number of hydrogen-bond acceptors (Lipinski definition) is 4. The van der Waals surface area contributed by atoms with Crippen molar-refractivity contribution in [3.05, 3.63) is 64.7 Å². The Bertz CT molecular complexity index is 843. The van der Waals surface area contributed by atoms with Gasteiger partial charge in [0.05, 0.1) is 5.56 Å². The summed E-state index contributed by atoms with van der Waals surface area (Å²) in [5.74, 6) is -2.22. The molecule has 2 aromatic carbocycles. The number of fused-ring (bicyclic) bond motifs is 1. The van der Waals surface area contributed by atoms with E-state index in [-0.39, 0.29) is 23.7 Å². The molecule has 0 radical (unpaired) electrons. The number of ether oxygens (including phenoxy) is 1. The van der Waals surface area contributed by atoms with Crippen LogP contribution in [0.25, 0.3) is 0 Å². The van der Waals surface area contributed by atoms with Crippen LogP contribution in [-0.4, -0.2) is 17.5 Å². The number of rotatable bonds is 5. The summed E-state index contributed by atoms with van der Waals surface area (Å²) in [5.41, 5.74) is 1.18. The van der Waals surface area contributed by atoms with Gasteiger partial charge in [-0.05, 0) is 43.0 Å². The van der Waals surface area contributed by atoms with Crippen LogP contribution in [0.3, 0.4) is 0 Å². The van der Waals surface area contributed by atoms with Gasteiger partial charge in [-0.15, -0.1) is 0 Å². The number of halogens is 1. The SMILES string of the molecule is CC(=O)CC(Cc1ccccc1Cl)C1C(=O)Oc2ccccc2C1=O. The van der Waals surface area contributed by atoms with E-state index in [1.807, 2.05) is 18.2 Å². The zero-order chi connectivity index (χ0) is 18.0. The quantitative estimate of drug-likeness (QED) is 0.463. The fourth-order valence-electron chi connectivity index (χ4n) is 3.24. The van der Waals surface area contributed by atoms with E-state index < -0.39 is 17.8 Å². The summed E-state index contributed by atoms with van der Waals surface area (Å²) in [6.45, 7) is 1.45. The van der Waals surface area contributed by atoms with Crippen molar-refractivity contribution in [2.45, 2.75) is 19.8 Å². The van der Waals surface area contributed by atoms with Gasteiger partial charge in [0.1, 0.15) is 17.5 Å². The molecule has 0 amide bonds. The highest BCUT2D eigenvalue weighted by atomic mass is 35.5. The van der Waals surface area contributed by atoms with Gasteiger partial charge in [-0.3, -0.25) is 9.59 Å². The third-order valence-corrected chi connectivity index (χ3v) is 4.73. The Balaban J connectivity index is 1.96. The zero-order valence-electron chi connectivity index (χ0n) is 13.7. The van der Waals surface area contributed by atoms with Gasteiger partial charge in [-0.2, -0.15) is 0 Å². The van der Waals surface area contributed by atoms with E-state index in [9.17, 15) is 14.4 Å². The van der Waals surface area contributed by atoms with Gasteiger partial charge in [0, 0.05) is 11.4 Å². The number of para-hydroxylation sites is 1. The van der Waals surface area contributed by atoms with Crippen molar-refractivity contribution in [2.75, 3.05) is 0 Å². The summed E-state index contributed by atoms with van der Waals surface area (Å²) >= 11 is 6.21. The van der Waals surface area contributed by atoms with Crippen LogP contribution in [0.1, 0.15) is 29.3 Å². The van der Waals surface area contributed by atoms with Crippen molar-refractivity contribution in [3.63, 3.8) is 0 Å². The van der Waals surface area contributed by atoms with Crippen LogP contribution in [0.15, 0.2) is 48.5 Å². The number of carbonyl (C=O) groups excluding carboxylic acids is 3. The van der Waals surface area contributed by atoms with Gasteiger partial charge in [0.2, 0.25) is 0 Å². The Kier molecular flexibility index (Phi) is 5.00. The molecule has 0 N–H and O–H groups in total. The number of benzene rings is 2. The van der Waals surface area contributed by atoms with Gasteiger partial charge in [0.15, 0.2) is 5.78 Å². The van der Waals surface area contributed by atoms with E-state index >= 15 is 0 Å². The predicted octanol–water partition coefficient (Wildman–Crippen LogP) is 3.90. The van der Waals surface area contributed by atoms with Crippen LogP contribution in [-0.2, 0) is 16.0 Å². The molecular weight excluding hydrogens is 340 g/mol. The summed E-state index contributed by atoms with van der Waals surface area (Å²) in [5, 5.41) is 0.549. The van der Waals surface area contributed by atoms with Crippen LogP contribution in [0.2, 0.25) is 5.02 Å². The first-order valence-electron chi connectivity index (χ1n) is 8.05. The molecule has 0 aliphatic carbocycles.